The molecule has 4 heteroatoms. The molecule has 0 aliphatic rings. The molecule has 11 heavy (non-hydrogen) atoms. The van der Waals surface area contributed by atoms with Crippen molar-refractivity contribution in [3.8, 4) is 0 Å². The standard InChI is InChI=1S/C7H11N3O/c8-9-4-6-10-5-2-1-3-7(10)11/h1-3,5,9H,4,6,8H2. The van der Waals surface area contributed by atoms with Crippen LogP contribution in [0.3, 0.4) is 0 Å². The molecule has 1 aromatic rings. The van der Waals surface area contributed by atoms with Gasteiger partial charge in [0.1, 0.15) is 0 Å². The van der Waals surface area contributed by atoms with E-state index in [4.69, 9.17) is 5.84 Å². The van der Waals surface area contributed by atoms with Crippen molar-refractivity contribution < 1.29 is 0 Å². The van der Waals surface area contributed by atoms with E-state index in [1.807, 2.05) is 6.07 Å². The predicted molar refractivity (Wildman–Crippen MR) is 42.9 cm³/mol. The largest absolute Gasteiger partial charge is 0.314 e. The maximum atomic E-state index is 11.0. The Kier molecular flexibility index (Phi) is 2.83. The summed E-state index contributed by atoms with van der Waals surface area (Å²) in [5, 5.41) is 0. The minimum atomic E-state index is 0.00255. The number of hydrogen-bond donors (Lipinski definition) is 2. The summed E-state index contributed by atoms with van der Waals surface area (Å²) in [5.41, 5.74) is 2.49. The van der Waals surface area contributed by atoms with E-state index in [0.717, 1.165) is 0 Å². The summed E-state index contributed by atoms with van der Waals surface area (Å²) >= 11 is 0. The lowest BCUT2D eigenvalue weighted by atomic mass is 10.4. The van der Waals surface area contributed by atoms with Crippen LogP contribution in [0.5, 0.6) is 0 Å². The van der Waals surface area contributed by atoms with E-state index < -0.39 is 0 Å². The molecule has 0 saturated carbocycles. The fourth-order valence-corrected chi connectivity index (χ4v) is 0.830. The summed E-state index contributed by atoms with van der Waals surface area (Å²) in [5.74, 6) is 5.06. The van der Waals surface area contributed by atoms with Gasteiger partial charge >= 0.3 is 0 Å². The minimum absolute atomic E-state index is 0.00255. The highest BCUT2D eigenvalue weighted by atomic mass is 16.1. The Morgan fingerprint density at radius 3 is 3.00 bits per heavy atom. The normalized spacial score (nSPS) is 9.91. The van der Waals surface area contributed by atoms with Gasteiger partial charge in [-0.3, -0.25) is 16.1 Å². The van der Waals surface area contributed by atoms with Gasteiger partial charge in [-0.05, 0) is 6.07 Å². The van der Waals surface area contributed by atoms with Gasteiger partial charge in [0.2, 0.25) is 0 Å². The summed E-state index contributed by atoms with van der Waals surface area (Å²) in [6.45, 7) is 1.21. The molecule has 0 spiro atoms. The summed E-state index contributed by atoms with van der Waals surface area (Å²) in [4.78, 5) is 11.0. The van der Waals surface area contributed by atoms with Crippen LogP contribution in [0.4, 0.5) is 0 Å². The molecule has 0 radical (unpaired) electrons. The molecule has 0 unspecified atom stereocenters. The van der Waals surface area contributed by atoms with Gasteiger partial charge in [0.25, 0.3) is 5.56 Å². The van der Waals surface area contributed by atoms with E-state index in [1.54, 1.807) is 16.8 Å². The van der Waals surface area contributed by atoms with Crippen molar-refractivity contribution in [2.45, 2.75) is 6.54 Å². The van der Waals surface area contributed by atoms with Crippen LogP contribution in [0.15, 0.2) is 29.2 Å². The van der Waals surface area contributed by atoms with Crippen molar-refractivity contribution in [3.63, 3.8) is 0 Å². The summed E-state index contributed by atoms with van der Waals surface area (Å²) in [7, 11) is 0. The van der Waals surface area contributed by atoms with Gasteiger partial charge in [0.15, 0.2) is 0 Å². The molecule has 4 nitrogen and oxygen atoms in total. The average molecular weight is 153 g/mol. The lowest BCUT2D eigenvalue weighted by Crippen LogP contribution is -2.29. The molecule has 60 valence electrons. The molecular formula is C7H11N3O. The number of aromatic nitrogens is 1. The average Bonchev–Trinajstić information content (AvgIpc) is 2.03. The Morgan fingerprint density at radius 1 is 1.55 bits per heavy atom. The van der Waals surface area contributed by atoms with Crippen molar-refractivity contribution in [2.24, 2.45) is 5.84 Å². The van der Waals surface area contributed by atoms with Crippen LogP contribution in [0.1, 0.15) is 0 Å². The van der Waals surface area contributed by atoms with Crippen LogP contribution in [0, 0.1) is 0 Å². The maximum absolute atomic E-state index is 11.0. The Morgan fingerprint density at radius 2 is 2.36 bits per heavy atom. The third-order valence-electron chi connectivity index (χ3n) is 1.40. The van der Waals surface area contributed by atoms with Gasteiger partial charge in [0, 0.05) is 25.4 Å². The highest BCUT2D eigenvalue weighted by Crippen LogP contribution is 1.79. The predicted octanol–water partition coefficient (Wildman–Crippen LogP) is -0.688. The zero-order valence-corrected chi connectivity index (χ0v) is 6.16. The molecule has 0 aliphatic carbocycles. The Labute approximate surface area is 64.6 Å². The fraction of sp³-hybridized carbons (Fsp3) is 0.286. The van der Waals surface area contributed by atoms with Crippen LogP contribution in [0.25, 0.3) is 0 Å². The van der Waals surface area contributed by atoms with Gasteiger partial charge in [0.05, 0.1) is 0 Å². The number of hydrazine groups is 1. The first-order chi connectivity index (χ1) is 5.34. The fourth-order valence-electron chi connectivity index (χ4n) is 0.830. The van der Waals surface area contributed by atoms with E-state index in [2.05, 4.69) is 5.43 Å². The zero-order valence-electron chi connectivity index (χ0n) is 6.16. The van der Waals surface area contributed by atoms with Gasteiger partial charge in [-0.2, -0.15) is 0 Å². The van der Waals surface area contributed by atoms with Crippen molar-refractivity contribution in [1.82, 2.24) is 9.99 Å². The highest BCUT2D eigenvalue weighted by molar-refractivity contribution is 4.92. The second-order valence-corrected chi connectivity index (χ2v) is 2.19. The van der Waals surface area contributed by atoms with E-state index in [9.17, 15) is 4.79 Å². The first-order valence-corrected chi connectivity index (χ1v) is 3.43. The molecule has 0 aromatic carbocycles. The molecule has 1 heterocycles. The van der Waals surface area contributed by atoms with E-state index in [1.165, 1.54) is 6.07 Å². The molecule has 3 N–H and O–H groups in total. The molecule has 1 rings (SSSR count). The molecule has 0 fully saturated rings. The number of rotatable bonds is 3. The van der Waals surface area contributed by atoms with Crippen molar-refractivity contribution in [3.05, 3.63) is 34.7 Å². The van der Waals surface area contributed by atoms with E-state index in [0.29, 0.717) is 13.1 Å². The molecule has 0 amide bonds. The quantitative estimate of drug-likeness (QED) is 0.446. The number of nitrogens with one attached hydrogen (secondary N) is 1. The lowest BCUT2D eigenvalue weighted by molar-refractivity contribution is 0.601. The molecule has 0 aliphatic heterocycles. The minimum Gasteiger partial charge on any atom is -0.314 e. The van der Waals surface area contributed by atoms with Crippen LogP contribution >= 0.6 is 0 Å². The summed E-state index contributed by atoms with van der Waals surface area (Å²) < 4.78 is 1.60. The molecule has 0 saturated heterocycles. The molecule has 1 aromatic heterocycles. The van der Waals surface area contributed by atoms with Crippen LogP contribution in [-0.4, -0.2) is 11.1 Å². The first-order valence-electron chi connectivity index (χ1n) is 3.43. The third-order valence-corrected chi connectivity index (χ3v) is 1.40. The monoisotopic (exact) mass is 153 g/mol. The molecule has 0 atom stereocenters. The number of pyridine rings is 1. The Bertz CT molecular complexity index is 268. The number of hydrogen-bond acceptors (Lipinski definition) is 3. The Balaban J connectivity index is 2.70. The van der Waals surface area contributed by atoms with E-state index >= 15 is 0 Å². The molecule has 0 bridgehead atoms. The van der Waals surface area contributed by atoms with Gasteiger partial charge < -0.3 is 4.57 Å². The van der Waals surface area contributed by atoms with Crippen LogP contribution < -0.4 is 16.8 Å². The first kappa shape index (κ1) is 7.97. The van der Waals surface area contributed by atoms with Crippen LogP contribution in [0.2, 0.25) is 0 Å². The maximum Gasteiger partial charge on any atom is 0.250 e. The number of nitrogens with zero attached hydrogens (tertiary/aromatic N) is 1. The van der Waals surface area contributed by atoms with Crippen molar-refractivity contribution in [2.75, 3.05) is 6.54 Å². The Hall–Kier alpha value is -1.13. The second-order valence-electron chi connectivity index (χ2n) is 2.19. The highest BCUT2D eigenvalue weighted by Gasteiger charge is 1.90. The molecular weight excluding hydrogens is 142 g/mol. The zero-order chi connectivity index (χ0) is 8.10. The number of nitrogens with two attached hydrogens (primary N) is 1. The summed E-state index contributed by atoms with van der Waals surface area (Å²) in [6, 6.07) is 5.06. The van der Waals surface area contributed by atoms with Gasteiger partial charge in [-0.1, -0.05) is 6.07 Å². The summed E-state index contributed by atoms with van der Waals surface area (Å²) in [6.07, 6.45) is 1.74. The van der Waals surface area contributed by atoms with Crippen LogP contribution in [-0.2, 0) is 6.54 Å². The SMILES string of the molecule is NNCCn1ccccc1=O. The van der Waals surface area contributed by atoms with E-state index in [-0.39, 0.29) is 5.56 Å². The topological polar surface area (TPSA) is 60.0 Å². The van der Waals surface area contributed by atoms with Gasteiger partial charge in [-0.15, -0.1) is 0 Å². The van der Waals surface area contributed by atoms with Crippen molar-refractivity contribution in [1.29, 1.82) is 0 Å². The third kappa shape index (κ3) is 2.18. The smallest absolute Gasteiger partial charge is 0.250 e. The van der Waals surface area contributed by atoms with Crippen molar-refractivity contribution >= 4 is 0 Å². The lowest BCUT2D eigenvalue weighted by Gasteiger charge is -2.02. The van der Waals surface area contributed by atoms with Gasteiger partial charge in [-0.25, -0.2) is 0 Å². The second kappa shape index (κ2) is 3.90.